The zero-order valence-electron chi connectivity index (χ0n) is 9.03. The van der Waals surface area contributed by atoms with Crippen molar-refractivity contribution >= 4 is 28.7 Å². The summed E-state index contributed by atoms with van der Waals surface area (Å²) in [6.45, 7) is 0.632. The van der Waals surface area contributed by atoms with E-state index >= 15 is 0 Å². The predicted molar refractivity (Wildman–Crippen MR) is 66.0 cm³/mol. The molecule has 4 nitrogen and oxygen atoms in total. The molecule has 0 spiro atoms. The van der Waals surface area contributed by atoms with Gasteiger partial charge in [-0.15, -0.1) is 0 Å². The number of hydrogen-bond acceptors (Lipinski definition) is 2. The van der Waals surface area contributed by atoms with Gasteiger partial charge in [0.25, 0.3) is 0 Å². The minimum absolute atomic E-state index is 0.218. The third-order valence-corrected chi connectivity index (χ3v) is 3.27. The maximum atomic E-state index is 12.8. The Labute approximate surface area is 111 Å². The summed E-state index contributed by atoms with van der Waals surface area (Å²) in [5.74, 6) is -0.627. The van der Waals surface area contributed by atoms with Crippen molar-refractivity contribution in [3.8, 4) is 0 Å². The Bertz CT molecular complexity index is 417. The van der Waals surface area contributed by atoms with E-state index in [2.05, 4.69) is 4.98 Å². The largest absolute Gasteiger partial charge is 0.465 e. The molecule has 0 radical (unpaired) electrons. The number of rotatable bonds is 4. The van der Waals surface area contributed by atoms with Crippen LogP contribution in [0.25, 0.3) is 0 Å². The standard InChI is InChI=1S/C10H11F2IN2O2/c1-6(15(3-2-11)10(16)17)7-5-14-9(12)4-8(7)13/h4-6H,2-3H2,1H3,(H,16,17). The Morgan fingerprint density at radius 1 is 1.71 bits per heavy atom. The second-order valence-corrected chi connectivity index (χ2v) is 4.53. The van der Waals surface area contributed by atoms with E-state index in [0.29, 0.717) is 9.13 Å². The van der Waals surface area contributed by atoms with Crippen LogP contribution in [0.4, 0.5) is 13.6 Å². The Balaban J connectivity index is 3.00. The Morgan fingerprint density at radius 3 is 2.82 bits per heavy atom. The van der Waals surface area contributed by atoms with Gasteiger partial charge in [0, 0.05) is 21.4 Å². The number of pyridine rings is 1. The number of amides is 1. The molecule has 7 heteroatoms. The molecule has 1 unspecified atom stereocenters. The summed E-state index contributed by atoms with van der Waals surface area (Å²) >= 11 is 1.89. The number of nitrogens with zero attached hydrogens (tertiary/aromatic N) is 2. The van der Waals surface area contributed by atoms with Crippen molar-refractivity contribution in [2.24, 2.45) is 0 Å². The Hall–Kier alpha value is -0.990. The van der Waals surface area contributed by atoms with Crippen molar-refractivity contribution in [3.63, 3.8) is 0 Å². The first-order chi connectivity index (χ1) is 7.97. The van der Waals surface area contributed by atoms with Gasteiger partial charge in [0.15, 0.2) is 0 Å². The number of alkyl halides is 1. The molecule has 0 aliphatic rings. The van der Waals surface area contributed by atoms with Crippen molar-refractivity contribution in [3.05, 3.63) is 27.3 Å². The van der Waals surface area contributed by atoms with E-state index in [1.165, 1.54) is 12.3 Å². The lowest BCUT2D eigenvalue weighted by Crippen LogP contribution is -2.34. The van der Waals surface area contributed by atoms with Crippen LogP contribution in [0.1, 0.15) is 18.5 Å². The SMILES string of the molecule is CC(c1cnc(F)cc1I)N(CCF)C(=O)O. The van der Waals surface area contributed by atoms with Gasteiger partial charge in [-0.3, -0.25) is 4.90 Å². The summed E-state index contributed by atoms with van der Waals surface area (Å²) in [6.07, 6.45) is 0.0610. The predicted octanol–water partition coefficient (Wildman–Crippen LogP) is 2.84. The summed E-state index contributed by atoms with van der Waals surface area (Å²) in [6, 6.07) is 0.644. The van der Waals surface area contributed by atoms with Crippen LogP contribution in [0, 0.1) is 9.52 Å². The van der Waals surface area contributed by atoms with Crippen LogP contribution in [0.15, 0.2) is 12.3 Å². The van der Waals surface area contributed by atoms with E-state index in [1.54, 1.807) is 6.92 Å². The molecule has 1 rings (SSSR count). The average Bonchev–Trinajstić information content (AvgIpc) is 2.24. The van der Waals surface area contributed by atoms with Gasteiger partial charge in [-0.1, -0.05) is 0 Å². The first-order valence-electron chi connectivity index (χ1n) is 4.83. The van der Waals surface area contributed by atoms with E-state index in [9.17, 15) is 13.6 Å². The van der Waals surface area contributed by atoms with Crippen molar-refractivity contribution in [2.75, 3.05) is 13.2 Å². The van der Waals surface area contributed by atoms with Gasteiger partial charge < -0.3 is 5.11 Å². The topological polar surface area (TPSA) is 53.4 Å². The number of carboxylic acid groups (broad SMARTS) is 1. The average molecular weight is 356 g/mol. The van der Waals surface area contributed by atoms with Crippen molar-refractivity contribution in [1.29, 1.82) is 0 Å². The first kappa shape index (κ1) is 14.1. The quantitative estimate of drug-likeness (QED) is 0.667. The van der Waals surface area contributed by atoms with Crippen LogP contribution >= 0.6 is 22.6 Å². The molecule has 0 bridgehead atoms. The molecule has 1 N–H and O–H groups in total. The van der Waals surface area contributed by atoms with Crippen molar-refractivity contribution in [2.45, 2.75) is 13.0 Å². The molecule has 0 saturated heterocycles. The van der Waals surface area contributed by atoms with Gasteiger partial charge in [0.1, 0.15) is 6.67 Å². The van der Waals surface area contributed by atoms with Crippen LogP contribution in [0.2, 0.25) is 0 Å². The maximum absolute atomic E-state index is 12.8. The van der Waals surface area contributed by atoms with E-state index in [0.717, 1.165) is 4.90 Å². The normalized spacial score (nSPS) is 12.2. The maximum Gasteiger partial charge on any atom is 0.407 e. The van der Waals surface area contributed by atoms with E-state index in [4.69, 9.17) is 5.11 Å². The highest BCUT2D eigenvalue weighted by molar-refractivity contribution is 14.1. The highest BCUT2D eigenvalue weighted by Gasteiger charge is 2.22. The molecule has 1 atom stereocenters. The third-order valence-electron chi connectivity index (χ3n) is 2.34. The monoisotopic (exact) mass is 356 g/mol. The van der Waals surface area contributed by atoms with E-state index < -0.39 is 24.8 Å². The van der Waals surface area contributed by atoms with Crippen LogP contribution in [0.5, 0.6) is 0 Å². The molecule has 0 aliphatic heterocycles. The fraction of sp³-hybridized carbons (Fsp3) is 0.400. The Morgan fingerprint density at radius 2 is 2.35 bits per heavy atom. The van der Waals surface area contributed by atoms with Crippen molar-refractivity contribution < 1.29 is 18.7 Å². The van der Waals surface area contributed by atoms with Gasteiger partial charge in [-0.25, -0.2) is 14.2 Å². The molecule has 1 aromatic heterocycles. The fourth-order valence-corrected chi connectivity index (χ4v) is 2.29. The van der Waals surface area contributed by atoms with E-state index in [1.807, 2.05) is 22.6 Å². The second kappa shape index (κ2) is 6.08. The molecule has 0 aliphatic carbocycles. The van der Waals surface area contributed by atoms with Gasteiger partial charge in [-0.05, 0) is 29.5 Å². The minimum Gasteiger partial charge on any atom is -0.465 e. The molecule has 0 fully saturated rings. The molecule has 1 heterocycles. The lowest BCUT2D eigenvalue weighted by atomic mass is 10.1. The zero-order chi connectivity index (χ0) is 13.0. The Kier molecular flexibility index (Phi) is 5.03. The first-order valence-corrected chi connectivity index (χ1v) is 5.91. The molecule has 17 heavy (non-hydrogen) atoms. The summed E-state index contributed by atoms with van der Waals surface area (Å²) in [7, 11) is 0. The summed E-state index contributed by atoms with van der Waals surface area (Å²) in [5.41, 5.74) is 0.558. The lowest BCUT2D eigenvalue weighted by Gasteiger charge is -2.26. The summed E-state index contributed by atoms with van der Waals surface area (Å²) < 4.78 is 25.6. The lowest BCUT2D eigenvalue weighted by molar-refractivity contribution is 0.123. The van der Waals surface area contributed by atoms with Gasteiger partial charge >= 0.3 is 6.09 Å². The van der Waals surface area contributed by atoms with Crippen LogP contribution in [-0.4, -0.2) is 34.3 Å². The summed E-state index contributed by atoms with van der Waals surface area (Å²) in [5, 5.41) is 8.94. The van der Waals surface area contributed by atoms with Crippen LogP contribution < -0.4 is 0 Å². The van der Waals surface area contributed by atoms with E-state index in [-0.39, 0.29) is 6.54 Å². The number of aromatic nitrogens is 1. The molecule has 1 aromatic rings. The van der Waals surface area contributed by atoms with Crippen LogP contribution in [0.3, 0.4) is 0 Å². The zero-order valence-corrected chi connectivity index (χ0v) is 11.2. The smallest absolute Gasteiger partial charge is 0.407 e. The van der Waals surface area contributed by atoms with Gasteiger partial charge in [0.05, 0.1) is 12.6 Å². The minimum atomic E-state index is -1.21. The summed E-state index contributed by atoms with van der Waals surface area (Å²) in [4.78, 5) is 15.4. The molecule has 1 amide bonds. The molecule has 0 saturated carbocycles. The molecular weight excluding hydrogens is 345 g/mol. The van der Waals surface area contributed by atoms with Gasteiger partial charge in [0.2, 0.25) is 5.95 Å². The fourth-order valence-electron chi connectivity index (χ4n) is 1.44. The highest BCUT2D eigenvalue weighted by atomic mass is 127. The molecule has 94 valence electrons. The van der Waals surface area contributed by atoms with Crippen LogP contribution in [-0.2, 0) is 0 Å². The van der Waals surface area contributed by atoms with Crippen molar-refractivity contribution in [1.82, 2.24) is 9.88 Å². The number of carbonyl (C=O) groups is 1. The number of hydrogen-bond donors (Lipinski definition) is 1. The molecular formula is C10H11F2IN2O2. The number of halogens is 3. The second-order valence-electron chi connectivity index (χ2n) is 3.37. The highest BCUT2D eigenvalue weighted by Crippen LogP contribution is 2.24. The van der Waals surface area contributed by atoms with Gasteiger partial charge in [-0.2, -0.15) is 4.39 Å². The third kappa shape index (κ3) is 3.48. The molecule has 0 aromatic carbocycles.